The largest absolute Gasteiger partial charge is 0.269 e. The summed E-state index contributed by atoms with van der Waals surface area (Å²) in [6, 6.07) is 9.66. The van der Waals surface area contributed by atoms with Crippen LogP contribution >= 0.6 is 0 Å². The average Bonchev–Trinajstić information content (AvgIpc) is 2.68. The molecule has 1 aliphatic rings. The molecule has 4 heteroatoms. The molecule has 1 fully saturated rings. The molecule has 0 radical (unpaired) electrons. The Morgan fingerprint density at radius 2 is 1.46 bits per heavy atom. The van der Waals surface area contributed by atoms with Crippen LogP contribution in [0.1, 0.15) is 81.8 Å². The van der Waals surface area contributed by atoms with E-state index in [9.17, 15) is 17.6 Å². The fraction of sp³-hybridized carbons (Fsp3) is 0.500. The summed E-state index contributed by atoms with van der Waals surface area (Å²) < 4.78 is 53.1. The van der Waals surface area contributed by atoms with Crippen molar-refractivity contribution >= 4 is 0 Å². The minimum atomic E-state index is -3.16. The molecule has 2 aromatic carbocycles. The van der Waals surface area contributed by atoms with E-state index in [0.29, 0.717) is 11.5 Å². The van der Waals surface area contributed by atoms with Gasteiger partial charge >= 0.3 is 0 Å². The third-order valence-electron chi connectivity index (χ3n) is 6.08. The SMILES string of the molecule is CCCCC[C@H]1CC[C@H](c2ccc(-c3cc(F)c(C(F)F)c(F)c3)cc2)CC1. The summed E-state index contributed by atoms with van der Waals surface area (Å²) in [6.07, 6.45) is 6.99. The van der Waals surface area contributed by atoms with Crippen LogP contribution in [0.25, 0.3) is 11.1 Å². The number of hydrogen-bond acceptors (Lipinski definition) is 0. The highest BCUT2D eigenvalue weighted by Crippen LogP contribution is 2.38. The van der Waals surface area contributed by atoms with Crippen molar-refractivity contribution in [3.8, 4) is 11.1 Å². The molecule has 3 rings (SSSR count). The van der Waals surface area contributed by atoms with Crippen LogP contribution < -0.4 is 0 Å². The molecule has 0 saturated heterocycles. The van der Waals surface area contributed by atoms with E-state index in [2.05, 4.69) is 6.92 Å². The smallest absolute Gasteiger partial charge is 0.206 e. The van der Waals surface area contributed by atoms with Crippen LogP contribution in [-0.2, 0) is 0 Å². The van der Waals surface area contributed by atoms with E-state index >= 15 is 0 Å². The van der Waals surface area contributed by atoms with Gasteiger partial charge < -0.3 is 0 Å². The zero-order chi connectivity index (χ0) is 20.1. The van der Waals surface area contributed by atoms with Gasteiger partial charge in [-0.15, -0.1) is 0 Å². The lowest BCUT2D eigenvalue weighted by atomic mass is 9.77. The molecule has 1 aliphatic carbocycles. The summed E-state index contributed by atoms with van der Waals surface area (Å²) >= 11 is 0. The minimum Gasteiger partial charge on any atom is -0.206 e. The minimum absolute atomic E-state index is 0.283. The Labute approximate surface area is 165 Å². The quantitative estimate of drug-likeness (QED) is 0.328. The molecule has 0 atom stereocenters. The Morgan fingerprint density at radius 3 is 2.00 bits per heavy atom. The van der Waals surface area contributed by atoms with Crippen molar-refractivity contribution in [1.82, 2.24) is 0 Å². The lowest BCUT2D eigenvalue weighted by Crippen LogP contribution is -2.13. The van der Waals surface area contributed by atoms with Gasteiger partial charge in [-0.2, -0.15) is 0 Å². The maximum Gasteiger partial charge on any atom is 0.269 e. The first kappa shape index (κ1) is 20.9. The van der Waals surface area contributed by atoms with Gasteiger partial charge in [-0.3, -0.25) is 0 Å². The van der Waals surface area contributed by atoms with Gasteiger partial charge in [0, 0.05) is 0 Å². The molecule has 0 spiro atoms. The van der Waals surface area contributed by atoms with Crippen molar-refractivity contribution in [1.29, 1.82) is 0 Å². The number of rotatable bonds is 7. The van der Waals surface area contributed by atoms with E-state index in [0.717, 1.165) is 18.1 Å². The van der Waals surface area contributed by atoms with Crippen LogP contribution in [0, 0.1) is 17.6 Å². The van der Waals surface area contributed by atoms with E-state index in [-0.39, 0.29) is 5.56 Å². The van der Waals surface area contributed by atoms with Crippen LogP contribution in [0.15, 0.2) is 36.4 Å². The molecular formula is C24H28F4. The topological polar surface area (TPSA) is 0 Å². The van der Waals surface area contributed by atoms with E-state index in [1.807, 2.05) is 24.3 Å². The number of alkyl halides is 2. The third kappa shape index (κ3) is 4.95. The van der Waals surface area contributed by atoms with Crippen LogP contribution in [0.2, 0.25) is 0 Å². The maximum atomic E-state index is 13.8. The summed E-state index contributed by atoms with van der Waals surface area (Å²) in [6.45, 7) is 2.23. The molecule has 0 amide bonds. The molecule has 0 N–H and O–H groups in total. The molecule has 0 bridgehead atoms. The number of halogens is 4. The zero-order valence-electron chi connectivity index (χ0n) is 16.4. The molecular weight excluding hydrogens is 364 g/mol. The zero-order valence-corrected chi connectivity index (χ0v) is 16.4. The second-order valence-electron chi connectivity index (χ2n) is 7.99. The van der Waals surface area contributed by atoms with Gasteiger partial charge in [-0.05, 0) is 66.3 Å². The standard InChI is InChI=1S/C24H28F4/c1-2-3-4-5-16-6-8-17(9-7-16)18-10-12-19(13-11-18)20-14-21(25)23(24(27)28)22(26)15-20/h10-17,24H,2-9H2,1H3/t16-,17-. The van der Waals surface area contributed by atoms with Crippen LogP contribution in [0.3, 0.4) is 0 Å². The van der Waals surface area contributed by atoms with Crippen molar-refractivity contribution in [2.75, 3.05) is 0 Å². The highest BCUT2D eigenvalue weighted by atomic mass is 19.3. The monoisotopic (exact) mass is 392 g/mol. The van der Waals surface area contributed by atoms with Crippen LogP contribution in [-0.4, -0.2) is 0 Å². The first-order valence-electron chi connectivity index (χ1n) is 10.4. The summed E-state index contributed by atoms with van der Waals surface area (Å²) in [7, 11) is 0. The second-order valence-corrected chi connectivity index (χ2v) is 7.99. The van der Waals surface area contributed by atoms with E-state index < -0.39 is 23.6 Å². The van der Waals surface area contributed by atoms with Gasteiger partial charge in [-0.1, -0.05) is 56.9 Å². The Bertz CT molecular complexity index is 736. The fourth-order valence-corrected chi connectivity index (χ4v) is 4.37. The Kier molecular flexibility index (Phi) is 7.14. The highest BCUT2D eigenvalue weighted by molar-refractivity contribution is 5.64. The van der Waals surface area contributed by atoms with E-state index in [1.54, 1.807) is 0 Å². The maximum absolute atomic E-state index is 13.8. The van der Waals surface area contributed by atoms with Crippen molar-refractivity contribution in [2.24, 2.45) is 5.92 Å². The molecule has 0 aliphatic heterocycles. The lowest BCUT2D eigenvalue weighted by molar-refractivity contribution is 0.141. The molecule has 152 valence electrons. The Morgan fingerprint density at radius 1 is 0.857 bits per heavy atom. The summed E-state index contributed by atoms with van der Waals surface area (Å²) in [5, 5.41) is 0. The predicted octanol–water partition coefficient (Wildman–Crippen LogP) is 8.42. The number of unbranched alkanes of at least 4 members (excludes halogenated alkanes) is 2. The number of benzene rings is 2. The van der Waals surface area contributed by atoms with E-state index in [1.165, 1.54) is 56.9 Å². The Hall–Kier alpha value is -1.84. The van der Waals surface area contributed by atoms with Gasteiger partial charge in [0.2, 0.25) is 0 Å². The number of hydrogen-bond donors (Lipinski definition) is 0. The molecule has 1 saturated carbocycles. The average molecular weight is 392 g/mol. The Balaban J connectivity index is 1.65. The predicted molar refractivity (Wildman–Crippen MR) is 106 cm³/mol. The van der Waals surface area contributed by atoms with Crippen molar-refractivity contribution < 1.29 is 17.6 Å². The van der Waals surface area contributed by atoms with Gasteiger partial charge in [0.1, 0.15) is 11.6 Å². The van der Waals surface area contributed by atoms with Gasteiger partial charge in [0.15, 0.2) is 0 Å². The van der Waals surface area contributed by atoms with Crippen molar-refractivity contribution in [3.63, 3.8) is 0 Å². The molecule has 0 unspecified atom stereocenters. The molecule has 28 heavy (non-hydrogen) atoms. The first-order valence-corrected chi connectivity index (χ1v) is 10.4. The molecule has 2 aromatic rings. The normalized spacial score (nSPS) is 19.9. The summed E-state index contributed by atoms with van der Waals surface area (Å²) in [5.74, 6) is -1.02. The van der Waals surface area contributed by atoms with Crippen LogP contribution in [0.4, 0.5) is 17.6 Å². The summed E-state index contributed by atoms with van der Waals surface area (Å²) in [5.41, 5.74) is 1.01. The molecule has 0 nitrogen and oxygen atoms in total. The van der Waals surface area contributed by atoms with Crippen molar-refractivity contribution in [3.05, 3.63) is 59.2 Å². The first-order chi connectivity index (χ1) is 13.5. The second kappa shape index (κ2) is 9.58. The highest BCUT2D eigenvalue weighted by Gasteiger charge is 2.23. The van der Waals surface area contributed by atoms with Gasteiger partial charge in [-0.25, -0.2) is 17.6 Å². The van der Waals surface area contributed by atoms with Gasteiger partial charge in [0.05, 0.1) is 5.56 Å². The molecule has 0 aromatic heterocycles. The lowest BCUT2D eigenvalue weighted by Gasteiger charge is -2.29. The summed E-state index contributed by atoms with van der Waals surface area (Å²) in [4.78, 5) is 0. The van der Waals surface area contributed by atoms with E-state index in [4.69, 9.17) is 0 Å². The van der Waals surface area contributed by atoms with Crippen LogP contribution in [0.5, 0.6) is 0 Å². The van der Waals surface area contributed by atoms with Crippen molar-refractivity contribution in [2.45, 2.75) is 70.6 Å². The van der Waals surface area contributed by atoms with Gasteiger partial charge in [0.25, 0.3) is 6.43 Å². The third-order valence-corrected chi connectivity index (χ3v) is 6.08. The fourth-order valence-electron chi connectivity index (χ4n) is 4.37. The molecule has 0 heterocycles.